The smallest absolute Gasteiger partial charge is 0.154 e. The van der Waals surface area contributed by atoms with Crippen LogP contribution in [0.3, 0.4) is 0 Å². The summed E-state index contributed by atoms with van der Waals surface area (Å²) in [7, 11) is 1.88. The highest BCUT2D eigenvalue weighted by Gasteiger charge is 2.27. The predicted molar refractivity (Wildman–Crippen MR) is 78.8 cm³/mol. The summed E-state index contributed by atoms with van der Waals surface area (Å²) in [5.74, 6) is 3.09. The van der Waals surface area contributed by atoms with Gasteiger partial charge >= 0.3 is 0 Å². The lowest BCUT2D eigenvalue weighted by molar-refractivity contribution is 0.627. The third-order valence-corrected chi connectivity index (χ3v) is 3.62. The average Bonchev–Trinajstić information content (AvgIpc) is 3.25. The van der Waals surface area contributed by atoms with Crippen molar-refractivity contribution in [2.24, 2.45) is 0 Å². The Labute approximate surface area is 116 Å². The summed E-state index contributed by atoms with van der Waals surface area (Å²) in [6.45, 7) is 0. The maximum atomic E-state index is 5.89. The molecule has 20 heavy (non-hydrogen) atoms. The van der Waals surface area contributed by atoms with E-state index in [0.717, 1.165) is 34.1 Å². The fourth-order valence-electron chi connectivity index (χ4n) is 2.35. The Morgan fingerprint density at radius 3 is 2.75 bits per heavy atom. The van der Waals surface area contributed by atoms with Crippen LogP contribution in [0.25, 0.3) is 22.4 Å². The van der Waals surface area contributed by atoms with Gasteiger partial charge in [0.2, 0.25) is 0 Å². The summed E-state index contributed by atoms with van der Waals surface area (Å²) in [6, 6.07) is 12.0. The standard InChI is InChI=1S/C16H15N3O/c1-17-15-9-12(18-16(19-15)10-6-7-10)14-8-11-4-2-3-5-13(11)20-14/h2-5,8-10H,6-7H2,1H3,(H,17,18,19). The molecule has 4 heteroatoms. The number of aromatic nitrogens is 2. The summed E-state index contributed by atoms with van der Waals surface area (Å²) in [5.41, 5.74) is 1.74. The molecule has 1 aromatic carbocycles. The number of para-hydroxylation sites is 1. The highest BCUT2D eigenvalue weighted by Crippen LogP contribution is 2.39. The lowest BCUT2D eigenvalue weighted by Crippen LogP contribution is -2.00. The molecule has 0 unspecified atom stereocenters. The molecule has 2 heterocycles. The molecule has 2 aromatic heterocycles. The quantitative estimate of drug-likeness (QED) is 0.782. The van der Waals surface area contributed by atoms with Gasteiger partial charge in [-0.15, -0.1) is 0 Å². The van der Waals surface area contributed by atoms with Gasteiger partial charge in [-0.05, 0) is 25.0 Å². The first-order chi connectivity index (χ1) is 9.83. The van der Waals surface area contributed by atoms with Gasteiger partial charge in [0.1, 0.15) is 22.9 Å². The van der Waals surface area contributed by atoms with Gasteiger partial charge in [0.05, 0.1) is 0 Å². The zero-order valence-electron chi connectivity index (χ0n) is 11.3. The lowest BCUT2D eigenvalue weighted by Gasteiger charge is -2.05. The maximum Gasteiger partial charge on any atom is 0.154 e. The van der Waals surface area contributed by atoms with Crippen molar-refractivity contribution in [3.05, 3.63) is 42.2 Å². The van der Waals surface area contributed by atoms with Crippen molar-refractivity contribution in [2.45, 2.75) is 18.8 Å². The molecule has 0 saturated heterocycles. The molecule has 0 spiro atoms. The minimum absolute atomic E-state index is 0.520. The predicted octanol–water partition coefficient (Wildman–Crippen LogP) is 3.81. The van der Waals surface area contributed by atoms with Gasteiger partial charge in [-0.3, -0.25) is 0 Å². The summed E-state index contributed by atoms with van der Waals surface area (Å²) in [5, 5.41) is 4.20. The third-order valence-electron chi connectivity index (χ3n) is 3.62. The van der Waals surface area contributed by atoms with Gasteiger partial charge in [-0.2, -0.15) is 0 Å². The van der Waals surface area contributed by atoms with E-state index < -0.39 is 0 Å². The van der Waals surface area contributed by atoms with E-state index in [1.54, 1.807) is 0 Å². The molecule has 1 aliphatic rings. The van der Waals surface area contributed by atoms with E-state index in [0.29, 0.717) is 5.92 Å². The van der Waals surface area contributed by atoms with Crippen LogP contribution >= 0.6 is 0 Å². The lowest BCUT2D eigenvalue weighted by atomic mass is 10.2. The molecule has 1 saturated carbocycles. The van der Waals surface area contributed by atoms with Crippen molar-refractivity contribution >= 4 is 16.8 Å². The molecule has 100 valence electrons. The number of anilines is 1. The highest BCUT2D eigenvalue weighted by atomic mass is 16.3. The van der Waals surface area contributed by atoms with Crippen LogP contribution in [-0.2, 0) is 0 Å². The van der Waals surface area contributed by atoms with Gasteiger partial charge in [0.25, 0.3) is 0 Å². The Hall–Kier alpha value is -2.36. The van der Waals surface area contributed by atoms with Gasteiger partial charge in [0.15, 0.2) is 5.76 Å². The number of nitrogens with one attached hydrogen (secondary N) is 1. The number of hydrogen-bond donors (Lipinski definition) is 1. The van der Waals surface area contributed by atoms with Crippen LogP contribution in [0.2, 0.25) is 0 Å². The monoisotopic (exact) mass is 265 g/mol. The summed E-state index contributed by atoms with van der Waals surface area (Å²) in [4.78, 5) is 9.19. The van der Waals surface area contributed by atoms with Crippen molar-refractivity contribution in [1.29, 1.82) is 0 Å². The molecule has 1 aliphatic carbocycles. The molecule has 1 fully saturated rings. The minimum atomic E-state index is 0.520. The first kappa shape index (κ1) is 11.5. The molecular weight excluding hydrogens is 250 g/mol. The van der Waals surface area contributed by atoms with Crippen LogP contribution in [0.5, 0.6) is 0 Å². The number of rotatable bonds is 3. The zero-order chi connectivity index (χ0) is 13.5. The number of fused-ring (bicyclic) bond motifs is 1. The summed E-state index contributed by atoms with van der Waals surface area (Å²) < 4.78 is 5.89. The topological polar surface area (TPSA) is 51.0 Å². The largest absolute Gasteiger partial charge is 0.454 e. The Kier molecular flexibility index (Phi) is 2.49. The SMILES string of the molecule is CNc1cc(-c2cc3ccccc3o2)nc(C2CC2)n1. The number of furan rings is 1. The van der Waals surface area contributed by atoms with E-state index in [9.17, 15) is 0 Å². The Bertz CT molecular complexity index is 741. The fraction of sp³-hybridized carbons (Fsp3) is 0.250. The van der Waals surface area contributed by atoms with Gasteiger partial charge < -0.3 is 9.73 Å². The fourth-order valence-corrected chi connectivity index (χ4v) is 2.35. The van der Waals surface area contributed by atoms with Gasteiger partial charge in [0, 0.05) is 24.4 Å². The number of benzene rings is 1. The number of hydrogen-bond acceptors (Lipinski definition) is 4. The van der Waals surface area contributed by atoms with E-state index in [2.05, 4.69) is 15.3 Å². The van der Waals surface area contributed by atoms with E-state index >= 15 is 0 Å². The summed E-state index contributed by atoms with van der Waals surface area (Å²) >= 11 is 0. The van der Waals surface area contributed by atoms with Crippen LogP contribution in [0, 0.1) is 0 Å². The molecule has 0 bridgehead atoms. The van der Waals surface area contributed by atoms with Crippen molar-refractivity contribution in [3.8, 4) is 11.5 Å². The second kappa shape index (κ2) is 4.34. The van der Waals surface area contributed by atoms with Crippen molar-refractivity contribution in [1.82, 2.24) is 9.97 Å². The average molecular weight is 265 g/mol. The molecule has 0 amide bonds. The van der Waals surface area contributed by atoms with Crippen LogP contribution < -0.4 is 5.32 Å². The molecule has 4 rings (SSSR count). The minimum Gasteiger partial charge on any atom is -0.454 e. The van der Waals surface area contributed by atoms with Gasteiger partial charge in [-0.25, -0.2) is 9.97 Å². The Balaban J connectivity index is 1.85. The molecule has 0 atom stereocenters. The zero-order valence-corrected chi connectivity index (χ0v) is 11.3. The normalized spacial score (nSPS) is 14.7. The van der Waals surface area contributed by atoms with E-state index in [-0.39, 0.29) is 0 Å². The van der Waals surface area contributed by atoms with Crippen LogP contribution in [0.1, 0.15) is 24.6 Å². The first-order valence-electron chi connectivity index (χ1n) is 6.89. The maximum absolute atomic E-state index is 5.89. The number of nitrogens with zero attached hydrogens (tertiary/aromatic N) is 2. The van der Waals surface area contributed by atoms with Crippen LogP contribution in [0.4, 0.5) is 5.82 Å². The Morgan fingerprint density at radius 2 is 2.00 bits per heavy atom. The highest BCUT2D eigenvalue weighted by molar-refractivity contribution is 5.82. The Morgan fingerprint density at radius 1 is 1.15 bits per heavy atom. The van der Waals surface area contributed by atoms with Gasteiger partial charge in [-0.1, -0.05) is 18.2 Å². The van der Waals surface area contributed by atoms with Crippen molar-refractivity contribution in [3.63, 3.8) is 0 Å². The molecule has 0 aliphatic heterocycles. The first-order valence-corrected chi connectivity index (χ1v) is 6.89. The molecule has 1 N–H and O–H groups in total. The molecule has 3 aromatic rings. The molecule has 4 nitrogen and oxygen atoms in total. The van der Waals surface area contributed by atoms with E-state index in [1.807, 2.05) is 43.4 Å². The van der Waals surface area contributed by atoms with Crippen molar-refractivity contribution in [2.75, 3.05) is 12.4 Å². The van der Waals surface area contributed by atoms with E-state index in [1.165, 1.54) is 12.8 Å². The second-order valence-corrected chi connectivity index (χ2v) is 5.17. The molecular formula is C16H15N3O. The van der Waals surface area contributed by atoms with Crippen LogP contribution in [0.15, 0.2) is 40.8 Å². The third kappa shape index (κ3) is 1.93. The molecule has 0 radical (unpaired) electrons. The second-order valence-electron chi connectivity index (χ2n) is 5.17. The summed E-state index contributed by atoms with van der Waals surface area (Å²) in [6.07, 6.45) is 2.37. The van der Waals surface area contributed by atoms with E-state index in [4.69, 9.17) is 4.42 Å². The van der Waals surface area contributed by atoms with Crippen molar-refractivity contribution < 1.29 is 4.42 Å². The van der Waals surface area contributed by atoms with Crippen LogP contribution in [-0.4, -0.2) is 17.0 Å².